The van der Waals surface area contributed by atoms with Gasteiger partial charge in [-0.3, -0.25) is 9.59 Å². The van der Waals surface area contributed by atoms with Crippen LogP contribution in [0.1, 0.15) is 38.7 Å². The van der Waals surface area contributed by atoms with Crippen molar-refractivity contribution in [3.05, 3.63) is 35.9 Å². The molecule has 28 heavy (non-hydrogen) atoms. The minimum absolute atomic E-state index is 0.134. The third-order valence-corrected chi connectivity index (χ3v) is 6.54. The van der Waals surface area contributed by atoms with Gasteiger partial charge < -0.3 is 10.1 Å². The number of ether oxygens (including phenoxy) is 1. The zero-order valence-electron chi connectivity index (χ0n) is 16.7. The first-order valence-corrected chi connectivity index (χ1v) is 10.9. The summed E-state index contributed by atoms with van der Waals surface area (Å²) in [6.07, 6.45) is 3.33. The molecule has 1 heterocycles. The average Bonchev–Trinajstić information content (AvgIpc) is 2.68. The monoisotopic (exact) mass is 400 g/mol. The highest BCUT2D eigenvalue weighted by Crippen LogP contribution is 2.29. The van der Waals surface area contributed by atoms with E-state index < -0.39 is 5.97 Å². The number of esters is 1. The summed E-state index contributed by atoms with van der Waals surface area (Å²) in [5, 5.41) is 4.91. The fourth-order valence-corrected chi connectivity index (χ4v) is 4.52. The Bertz CT molecular complexity index is 855. The number of rotatable bonds is 6. The van der Waals surface area contributed by atoms with Crippen LogP contribution in [0.2, 0.25) is 0 Å². The van der Waals surface area contributed by atoms with Crippen molar-refractivity contribution in [3.8, 4) is 0 Å². The summed E-state index contributed by atoms with van der Waals surface area (Å²) in [4.78, 5) is 28.7. The van der Waals surface area contributed by atoms with Crippen LogP contribution in [0.25, 0.3) is 10.9 Å². The van der Waals surface area contributed by atoms with E-state index in [1.807, 2.05) is 37.3 Å². The Morgan fingerprint density at radius 3 is 2.86 bits per heavy atom. The summed E-state index contributed by atoms with van der Waals surface area (Å²) in [5.41, 5.74) is 2.03. The number of hydrogen-bond donors (Lipinski definition) is 1. The predicted molar refractivity (Wildman–Crippen MR) is 112 cm³/mol. The second kappa shape index (κ2) is 9.41. The highest BCUT2D eigenvalue weighted by atomic mass is 32.2. The van der Waals surface area contributed by atoms with Crippen molar-refractivity contribution in [2.45, 2.75) is 51.1 Å². The largest absolute Gasteiger partial charge is 0.455 e. The maximum atomic E-state index is 12.1. The molecule has 1 aromatic carbocycles. The number of aryl methyl sites for hydroxylation is 1. The maximum absolute atomic E-state index is 12.1. The molecule has 1 aliphatic rings. The van der Waals surface area contributed by atoms with E-state index in [4.69, 9.17) is 4.74 Å². The molecule has 0 unspecified atom stereocenters. The van der Waals surface area contributed by atoms with Crippen molar-refractivity contribution in [3.63, 3.8) is 0 Å². The third-order valence-electron chi connectivity index (χ3n) is 5.65. The normalized spacial score (nSPS) is 22.0. The molecule has 1 aliphatic carbocycles. The van der Waals surface area contributed by atoms with Gasteiger partial charge in [0.25, 0.3) is 5.91 Å². The van der Waals surface area contributed by atoms with E-state index in [-0.39, 0.29) is 24.3 Å². The van der Waals surface area contributed by atoms with Gasteiger partial charge in [-0.2, -0.15) is 0 Å². The molecule has 0 saturated heterocycles. The molecule has 0 radical (unpaired) electrons. The number of benzene rings is 1. The van der Waals surface area contributed by atoms with Crippen LogP contribution in [0.5, 0.6) is 0 Å². The van der Waals surface area contributed by atoms with E-state index in [0.717, 1.165) is 34.3 Å². The lowest BCUT2D eigenvalue weighted by Gasteiger charge is -2.34. The molecule has 1 fully saturated rings. The zero-order valence-corrected chi connectivity index (χ0v) is 17.6. The number of nitrogens with one attached hydrogen (secondary N) is 1. The van der Waals surface area contributed by atoms with Crippen LogP contribution in [0.15, 0.2) is 35.4 Å². The first-order valence-electron chi connectivity index (χ1n) is 9.88. The number of nitrogens with zero attached hydrogens (tertiary/aromatic N) is 1. The fraction of sp³-hybridized carbons (Fsp3) is 0.500. The van der Waals surface area contributed by atoms with Gasteiger partial charge in [-0.05, 0) is 42.9 Å². The first kappa shape index (κ1) is 20.6. The Hall–Kier alpha value is -2.08. The molecule has 1 saturated carbocycles. The quantitative estimate of drug-likeness (QED) is 0.584. The van der Waals surface area contributed by atoms with Gasteiger partial charge >= 0.3 is 5.97 Å². The Kier molecular flexibility index (Phi) is 6.94. The van der Waals surface area contributed by atoms with Crippen molar-refractivity contribution in [1.29, 1.82) is 0 Å². The zero-order chi connectivity index (χ0) is 20.1. The third kappa shape index (κ3) is 5.25. The number of amides is 1. The minimum Gasteiger partial charge on any atom is -0.455 e. The maximum Gasteiger partial charge on any atom is 0.316 e. The molecule has 1 N–H and O–H groups in total. The molecule has 3 rings (SSSR count). The Labute approximate surface area is 170 Å². The number of carbonyl (C=O) groups is 2. The van der Waals surface area contributed by atoms with E-state index in [1.165, 1.54) is 18.2 Å². The molecule has 0 spiro atoms. The lowest BCUT2D eigenvalue weighted by molar-refractivity contribution is -0.146. The minimum atomic E-state index is -0.405. The molecule has 1 amide bonds. The van der Waals surface area contributed by atoms with Gasteiger partial charge in [0.15, 0.2) is 6.61 Å². The van der Waals surface area contributed by atoms with E-state index in [2.05, 4.69) is 24.1 Å². The molecule has 150 valence electrons. The van der Waals surface area contributed by atoms with E-state index in [9.17, 15) is 9.59 Å². The highest BCUT2D eigenvalue weighted by Gasteiger charge is 2.28. The van der Waals surface area contributed by atoms with Crippen molar-refractivity contribution in [2.75, 3.05) is 12.4 Å². The number of fused-ring (bicyclic) bond motifs is 1. The second-order valence-electron chi connectivity index (χ2n) is 7.69. The predicted octanol–water partition coefficient (Wildman–Crippen LogP) is 4.12. The van der Waals surface area contributed by atoms with Crippen molar-refractivity contribution < 1.29 is 14.3 Å². The SMILES string of the molecule is Cc1cc(SCC(=O)OCC(=O)N[C@@H]2CCC[C@H](C)[C@@H]2C)nc2ccccc12. The molecule has 1 aromatic heterocycles. The summed E-state index contributed by atoms with van der Waals surface area (Å²) >= 11 is 1.33. The number of pyridine rings is 1. The molecule has 2 aromatic rings. The molecular weight excluding hydrogens is 372 g/mol. The van der Waals surface area contributed by atoms with Crippen LogP contribution in [0.4, 0.5) is 0 Å². The summed E-state index contributed by atoms with van der Waals surface area (Å²) in [6.45, 7) is 6.21. The molecule has 0 aliphatic heterocycles. The first-order chi connectivity index (χ1) is 13.4. The lowest BCUT2D eigenvalue weighted by atomic mass is 9.78. The topological polar surface area (TPSA) is 68.3 Å². The summed E-state index contributed by atoms with van der Waals surface area (Å²) in [5.74, 6) is 0.568. The van der Waals surface area contributed by atoms with Gasteiger partial charge in [-0.25, -0.2) is 4.98 Å². The van der Waals surface area contributed by atoms with Crippen LogP contribution < -0.4 is 5.32 Å². The van der Waals surface area contributed by atoms with Gasteiger partial charge in [0, 0.05) is 11.4 Å². The second-order valence-corrected chi connectivity index (χ2v) is 8.68. The smallest absolute Gasteiger partial charge is 0.316 e. The number of carbonyl (C=O) groups excluding carboxylic acids is 2. The summed E-state index contributed by atoms with van der Waals surface area (Å²) in [6, 6.07) is 10.1. The lowest BCUT2D eigenvalue weighted by Crippen LogP contribution is -2.45. The van der Waals surface area contributed by atoms with Crippen molar-refractivity contribution in [2.24, 2.45) is 11.8 Å². The molecular formula is C22H28N2O3S. The van der Waals surface area contributed by atoms with Crippen LogP contribution >= 0.6 is 11.8 Å². The number of hydrogen-bond acceptors (Lipinski definition) is 5. The molecule has 3 atom stereocenters. The van der Waals surface area contributed by atoms with E-state index >= 15 is 0 Å². The fourth-order valence-electron chi connectivity index (χ4n) is 3.75. The van der Waals surface area contributed by atoms with Crippen LogP contribution in [0, 0.1) is 18.8 Å². The van der Waals surface area contributed by atoms with Gasteiger partial charge in [-0.1, -0.05) is 56.7 Å². The standard InChI is InChI=1S/C22H28N2O3S/c1-14-7-6-10-18(16(14)3)23-20(25)12-27-22(26)13-28-21-11-15(2)17-8-4-5-9-19(17)24-21/h4-5,8-9,11,14,16,18H,6-7,10,12-13H2,1-3H3,(H,23,25)/t14-,16-,18+/m0/s1. The Morgan fingerprint density at radius 1 is 1.25 bits per heavy atom. The Balaban J connectivity index is 1.45. The van der Waals surface area contributed by atoms with Crippen molar-refractivity contribution >= 4 is 34.5 Å². The highest BCUT2D eigenvalue weighted by molar-refractivity contribution is 7.99. The van der Waals surface area contributed by atoms with Gasteiger partial charge in [-0.15, -0.1) is 0 Å². The number of aromatic nitrogens is 1. The van der Waals surface area contributed by atoms with Crippen LogP contribution in [-0.2, 0) is 14.3 Å². The molecule has 6 heteroatoms. The number of para-hydroxylation sites is 1. The van der Waals surface area contributed by atoms with E-state index in [1.54, 1.807) is 0 Å². The average molecular weight is 401 g/mol. The van der Waals surface area contributed by atoms with Gasteiger partial charge in [0.2, 0.25) is 0 Å². The van der Waals surface area contributed by atoms with Crippen molar-refractivity contribution in [1.82, 2.24) is 10.3 Å². The Morgan fingerprint density at radius 2 is 2.04 bits per heavy atom. The summed E-state index contributed by atoms with van der Waals surface area (Å²) < 4.78 is 5.15. The van der Waals surface area contributed by atoms with Gasteiger partial charge in [0.1, 0.15) is 0 Å². The van der Waals surface area contributed by atoms with Gasteiger partial charge in [0.05, 0.1) is 16.3 Å². The van der Waals surface area contributed by atoms with E-state index in [0.29, 0.717) is 11.8 Å². The number of thioether (sulfide) groups is 1. The van der Waals surface area contributed by atoms with Crippen LogP contribution in [-0.4, -0.2) is 35.3 Å². The molecule has 0 bridgehead atoms. The van der Waals surface area contributed by atoms with Crippen LogP contribution in [0.3, 0.4) is 0 Å². The summed E-state index contributed by atoms with van der Waals surface area (Å²) in [7, 11) is 0. The molecule has 5 nitrogen and oxygen atoms in total.